The number of hydrogen-bond acceptors (Lipinski definition) is 5. The number of likely N-dealkylation sites (tertiary alicyclic amines) is 1. The van der Waals surface area contributed by atoms with Crippen molar-refractivity contribution >= 4 is 11.3 Å². The molecule has 2 aliphatic rings. The molecule has 0 bridgehead atoms. The number of β-amino-alcohol motifs (C(OH)–C–C–N with tert-alkyl or cyclic N) is 1. The number of piperidine rings is 1. The van der Waals surface area contributed by atoms with Crippen LogP contribution in [-0.4, -0.2) is 36.0 Å². The molecule has 1 N–H and O–H groups in total. The van der Waals surface area contributed by atoms with Gasteiger partial charge in [-0.05, 0) is 56.1 Å². The number of nitrogens with zero attached hydrogens (tertiary/aromatic N) is 1. The number of fused-ring (bicyclic) bond motifs is 1. The van der Waals surface area contributed by atoms with Crippen LogP contribution < -0.4 is 9.47 Å². The van der Waals surface area contributed by atoms with Crippen molar-refractivity contribution in [3.63, 3.8) is 0 Å². The third-order valence-electron chi connectivity index (χ3n) is 5.09. The van der Waals surface area contributed by atoms with Crippen molar-refractivity contribution in [2.75, 3.05) is 19.9 Å². The fourth-order valence-electron chi connectivity index (χ4n) is 3.62. The lowest BCUT2D eigenvalue weighted by atomic mass is 9.87. The third kappa shape index (κ3) is 3.04. The van der Waals surface area contributed by atoms with E-state index in [-0.39, 0.29) is 12.0 Å². The zero-order valence-corrected chi connectivity index (χ0v) is 14.9. The van der Waals surface area contributed by atoms with Crippen LogP contribution in [0.25, 0.3) is 0 Å². The number of hydrogen-bond donors (Lipinski definition) is 1. The summed E-state index contributed by atoms with van der Waals surface area (Å²) in [5, 5.41) is 10.7. The van der Waals surface area contributed by atoms with Crippen molar-refractivity contribution in [1.29, 1.82) is 0 Å². The molecule has 0 spiro atoms. The van der Waals surface area contributed by atoms with Gasteiger partial charge in [-0.2, -0.15) is 0 Å². The van der Waals surface area contributed by atoms with Gasteiger partial charge >= 0.3 is 0 Å². The van der Waals surface area contributed by atoms with E-state index in [0.717, 1.165) is 43.1 Å². The summed E-state index contributed by atoms with van der Waals surface area (Å²) in [6.07, 6.45) is 0.616. The van der Waals surface area contributed by atoms with Crippen molar-refractivity contribution in [1.82, 2.24) is 4.90 Å². The molecule has 2 aliphatic heterocycles. The van der Waals surface area contributed by atoms with Gasteiger partial charge in [-0.15, -0.1) is 11.3 Å². The molecule has 4 nitrogen and oxygen atoms in total. The molecule has 1 fully saturated rings. The Hall–Kier alpha value is -1.56. The Morgan fingerprint density at radius 1 is 1.21 bits per heavy atom. The lowest BCUT2D eigenvalue weighted by molar-refractivity contribution is 0.0481. The number of aliphatic hydroxyl groups is 1. The van der Waals surface area contributed by atoms with Crippen molar-refractivity contribution in [2.24, 2.45) is 0 Å². The van der Waals surface area contributed by atoms with E-state index < -0.39 is 0 Å². The Balaban J connectivity index is 1.42. The average Bonchev–Trinajstić information content (AvgIpc) is 3.13. The lowest BCUT2D eigenvalue weighted by Crippen LogP contribution is -2.42. The summed E-state index contributed by atoms with van der Waals surface area (Å²) >= 11 is 1.87. The average molecular weight is 345 g/mol. The van der Waals surface area contributed by atoms with Crippen LogP contribution in [0.5, 0.6) is 11.5 Å². The van der Waals surface area contributed by atoms with Gasteiger partial charge in [0.15, 0.2) is 11.5 Å². The molecule has 0 unspecified atom stereocenters. The van der Waals surface area contributed by atoms with Crippen LogP contribution in [-0.2, 0) is 6.54 Å². The fourth-order valence-corrected chi connectivity index (χ4v) is 4.72. The Morgan fingerprint density at radius 3 is 2.79 bits per heavy atom. The summed E-state index contributed by atoms with van der Waals surface area (Å²) in [6, 6.07) is 8.31. The molecule has 1 aromatic carbocycles. The second kappa shape index (κ2) is 6.39. The number of aryl methyl sites for hydroxylation is 2. The highest BCUT2D eigenvalue weighted by atomic mass is 32.1. The number of benzene rings is 1. The van der Waals surface area contributed by atoms with E-state index >= 15 is 0 Å². The van der Waals surface area contributed by atoms with Crippen LogP contribution in [0, 0.1) is 13.8 Å². The normalized spacial score (nSPS) is 23.6. The van der Waals surface area contributed by atoms with E-state index in [1.54, 1.807) is 0 Å². The minimum atomic E-state index is -0.346. The summed E-state index contributed by atoms with van der Waals surface area (Å²) < 4.78 is 10.8. The topological polar surface area (TPSA) is 41.9 Å². The zero-order chi connectivity index (χ0) is 16.7. The van der Waals surface area contributed by atoms with Gasteiger partial charge in [0.25, 0.3) is 0 Å². The first-order chi connectivity index (χ1) is 11.6. The van der Waals surface area contributed by atoms with Gasteiger partial charge in [-0.25, -0.2) is 0 Å². The van der Waals surface area contributed by atoms with Gasteiger partial charge in [0.2, 0.25) is 6.79 Å². The van der Waals surface area contributed by atoms with Gasteiger partial charge in [-0.1, -0.05) is 6.07 Å². The molecule has 2 atom stereocenters. The van der Waals surface area contributed by atoms with Gasteiger partial charge in [0.1, 0.15) is 0 Å². The monoisotopic (exact) mass is 345 g/mol. The van der Waals surface area contributed by atoms with E-state index in [9.17, 15) is 5.11 Å². The van der Waals surface area contributed by atoms with Gasteiger partial charge < -0.3 is 14.6 Å². The molecule has 0 amide bonds. The summed E-state index contributed by atoms with van der Waals surface area (Å²) in [6.45, 7) is 7.28. The Kier molecular flexibility index (Phi) is 4.24. The van der Waals surface area contributed by atoms with Crippen molar-refractivity contribution in [2.45, 2.75) is 38.8 Å². The second-order valence-corrected chi connectivity index (χ2v) is 8.10. The number of aliphatic hydroxyl groups excluding tert-OH is 1. The predicted octanol–water partition coefficient (Wildman–Crippen LogP) is 3.44. The Bertz CT molecular complexity index is 723. The maximum Gasteiger partial charge on any atom is 0.231 e. The van der Waals surface area contributed by atoms with Crippen LogP contribution in [0.4, 0.5) is 0 Å². The van der Waals surface area contributed by atoms with Crippen molar-refractivity contribution < 1.29 is 14.6 Å². The van der Waals surface area contributed by atoms with Gasteiger partial charge in [-0.3, -0.25) is 4.90 Å². The molecular formula is C19H23NO3S. The molecule has 0 saturated carbocycles. The third-order valence-corrected chi connectivity index (χ3v) is 6.22. The lowest BCUT2D eigenvalue weighted by Gasteiger charge is -2.36. The predicted molar refractivity (Wildman–Crippen MR) is 95.0 cm³/mol. The maximum atomic E-state index is 10.7. The van der Waals surface area contributed by atoms with Gasteiger partial charge in [0, 0.05) is 28.8 Å². The SMILES string of the molecule is Cc1cc(CN2CC[C@H](c3ccc4c(c3)OCO4)[C@@H](O)C2)sc1C. The van der Waals surface area contributed by atoms with Crippen LogP contribution in [0.3, 0.4) is 0 Å². The summed E-state index contributed by atoms with van der Waals surface area (Å²) in [4.78, 5) is 5.14. The zero-order valence-electron chi connectivity index (χ0n) is 14.1. The minimum Gasteiger partial charge on any atom is -0.454 e. The fraction of sp³-hybridized carbons (Fsp3) is 0.474. The molecular weight excluding hydrogens is 322 g/mol. The largest absolute Gasteiger partial charge is 0.454 e. The maximum absolute atomic E-state index is 10.7. The number of thiophene rings is 1. The van der Waals surface area contributed by atoms with E-state index in [0.29, 0.717) is 6.79 Å². The summed E-state index contributed by atoms with van der Waals surface area (Å²) in [5.74, 6) is 1.77. The first kappa shape index (κ1) is 15.9. The van der Waals surface area contributed by atoms with E-state index in [2.05, 4.69) is 30.9 Å². The molecule has 3 heterocycles. The molecule has 2 aromatic rings. The number of rotatable bonds is 3. The molecule has 4 rings (SSSR count). The van der Waals surface area contributed by atoms with Crippen LogP contribution in [0.2, 0.25) is 0 Å². The number of ether oxygens (including phenoxy) is 2. The Labute approximate surface area is 146 Å². The first-order valence-electron chi connectivity index (χ1n) is 8.46. The van der Waals surface area contributed by atoms with Crippen LogP contribution in [0.1, 0.15) is 33.2 Å². The molecule has 128 valence electrons. The molecule has 0 aliphatic carbocycles. The summed E-state index contributed by atoms with van der Waals surface area (Å²) in [7, 11) is 0. The molecule has 24 heavy (non-hydrogen) atoms. The molecule has 5 heteroatoms. The van der Waals surface area contributed by atoms with Crippen molar-refractivity contribution in [3.05, 3.63) is 45.1 Å². The molecule has 0 radical (unpaired) electrons. The highest BCUT2D eigenvalue weighted by molar-refractivity contribution is 7.12. The van der Waals surface area contributed by atoms with E-state index in [4.69, 9.17) is 9.47 Å². The quantitative estimate of drug-likeness (QED) is 0.925. The highest BCUT2D eigenvalue weighted by Crippen LogP contribution is 2.37. The molecule has 1 aromatic heterocycles. The standard InChI is InChI=1S/C19H23NO3S/c1-12-7-15(24-13(12)2)9-20-6-5-16(17(21)10-20)14-3-4-18-19(8-14)23-11-22-18/h3-4,7-8,16-17,21H,5-6,9-11H2,1-2H3/t16-,17+/m1/s1. The van der Waals surface area contributed by atoms with Crippen molar-refractivity contribution in [3.8, 4) is 11.5 Å². The minimum absolute atomic E-state index is 0.169. The Morgan fingerprint density at radius 2 is 2.04 bits per heavy atom. The van der Waals surface area contributed by atoms with Gasteiger partial charge in [0.05, 0.1) is 6.10 Å². The molecule has 1 saturated heterocycles. The highest BCUT2D eigenvalue weighted by Gasteiger charge is 2.30. The second-order valence-electron chi connectivity index (χ2n) is 6.76. The van der Waals surface area contributed by atoms with Crippen LogP contribution >= 0.6 is 11.3 Å². The summed E-state index contributed by atoms with van der Waals surface area (Å²) in [5.41, 5.74) is 2.51. The van der Waals surface area contributed by atoms with Crippen LogP contribution in [0.15, 0.2) is 24.3 Å². The smallest absolute Gasteiger partial charge is 0.231 e. The van der Waals surface area contributed by atoms with E-state index in [1.807, 2.05) is 23.5 Å². The first-order valence-corrected chi connectivity index (χ1v) is 9.27. The van der Waals surface area contributed by atoms with E-state index in [1.165, 1.54) is 15.3 Å².